The minimum atomic E-state index is -0.330. The number of rotatable bonds is 3. The summed E-state index contributed by atoms with van der Waals surface area (Å²) < 4.78 is 4.80. The number of carbonyl (C=O) groups excluding carboxylic acids is 1. The van der Waals surface area contributed by atoms with Gasteiger partial charge in [-0.3, -0.25) is 10.1 Å². The summed E-state index contributed by atoms with van der Waals surface area (Å²) in [6, 6.07) is 5.13. The van der Waals surface area contributed by atoms with Gasteiger partial charge in [0.2, 0.25) is 5.95 Å². The molecule has 0 spiro atoms. The van der Waals surface area contributed by atoms with E-state index in [0.29, 0.717) is 16.6 Å². The highest BCUT2D eigenvalue weighted by Gasteiger charge is 2.11. The number of amides is 1. The van der Waals surface area contributed by atoms with Crippen LogP contribution in [-0.4, -0.2) is 43.6 Å². The summed E-state index contributed by atoms with van der Waals surface area (Å²) in [6.07, 6.45) is 0. The Labute approximate surface area is 106 Å². The van der Waals surface area contributed by atoms with E-state index in [0.717, 1.165) is 0 Å². The third-order valence-electron chi connectivity index (χ3n) is 2.46. The quantitative estimate of drug-likeness (QED) is 0.623. The number of fused-ring (bicyclic) bond motifs is 1. The van der Waals surface area contributed by atoms with Gasteiger partial charge in [0.25, 0.3) is 5.91 Å². The standard InChI is InChI=1S/C10H9N7O2/c1-19-10-12-9(15-16-10)11-8(18)5-2-3-6-7(4-5)14-17-13-6/h2-4H,1H3,(H,13,14,17)(H2,11,12,15,16,18). The van der Waals surface area contributed by atoms with Crippen LogP contribution >= 0.6 is 0 Å². The highest BCUT2D eigenvalue weighted by atomic mass is 16.5. The molecule has 0 unspecified atom stereocenters. The Morgan fingerprint density at radius 3 is 2.89 bits per heavy atom. The van der Waals surface area contributed by atoms with E-state index in [1.54, 1.807) is 18.2 Å². The summed E-state index contributed by atoms with van der Waals surface area (Å²) >= 11 is 0. The Bertz CT molecular complexity index is 732. The van der Waals surface area contributed by atoms with Gasteiger partial charge in [-0.15, -0.1) is 5.10 Å². The molecule has 3 aromatic rings. The second kappa shape index (κ2) is 4.37. The van der Waals surface area contributed by atoms with Gasteiger partial charge < -0.3 is 4.74 Å². The lowest BCUT2D eigenvalue weighted by atomic mass is 10.2. The SMILES string of the molecule is COc1n[nH]c(NC(=O)c2ccc3n[nH]nc3c2)n1. The predicted octanol–water partition coefficient (Wildman–Crippen LogP) is 0.337. The van der Waals surface area contributed by atoms with Gasteiger partial charge in [-0.2, -0.15) is 20.4 Å². The molecule has 2 aromatic heterocycles. The van der Waals surface area contributed by atoms with Crippen LogP contribution in [0.1, 0.15) is 10.4 Å². The molecule has 0 aliphatic rings. The number of hydrogen-bond donors (Lipinski definition) is 3. The van der Waals surface area contributed by atoms with Gasteiger partial charge in [-0.25, -0.2) is 5.10 Å². The molecule has 9 heteroatoms. The zero-order chi connectivity index (χ0) is 13.2. The van der Waals surface area contributed by atoms with Crippen molar-refractivity contribution in [3.05, 3.63) is 23.8 Å². The van der Waals surface area contributed by atoms with Crippen LogP contribution < -0.4 is 10.1 Å². The molecule has 9 nitrogen and oxygen atoms in total. The number of methoxy groups -OCH3 is 1. The van der Waals surface area contributed by atoms with Crippen molar-refractivity contribution in [2.75, 3.05) is 12.4 Å². The van der Waals surface area contributed by atoms with Crippen molar-refractivity contribution in [2.45, 2.75) is 0 Å². The number of anilines is 1. The first-order valence-corrected chi connectivity index (χ1v) is 5.34. The van der Waals surface area contributed by atoms with E-state index in [-0.39, 0.29) is 17.9 Å². The number of benzene rings is 1. The zero-order valence-electron chi connectivity index (χ0n) is 9.84. The third kappa shape index (κ3) is 2.08. The summed E-state index contributed by atoms with van der Waals surface area (Å²) in [7, 11) is 1.44. The van der Waals surface area contributed by atoms with Crippen LogP contribution in [0.2, 0.25) is 0 Å². The maximum atomic E-state index is 12.0. The van der Waals surface area contributed by atoms with Crippen molar-refractivity contribution >= 4 is 22.9 Å². The summed E-state index contributed by atoms with van der Waals surface area (Å²) in [4.78, 5) is 15.9. The second-order valence-electron chi connectivity index (χ2n) is 3.65. The number of carbonyl (C=O) groups is 1. The van der Waals surface area contributed by atoms with Crippen molar-refractivity contribution in [3.8, 4) is 6.01 Å². The molecule has 0 saturated carbocycles. The molecule has 3 rings (SSSR count). The highest BCUT2D eigenvalue weighted by molar-refractivity contribution is 6.05. The van der Waals surface area contributed by atoms with E-state index in [1.807, 2.05) is 0 Å². The van der Waals surface area contributed by atoms with Gasteiger partial charge in [-0.1, -0.05) is 0 Å². The van der Waals surface area contributed by atoms with Gasteiger partial charge in [0.15, 0.2) is 0 Å². The van der Waals surface area contributed by atoms with E-state index < -0.39 is 0 Å². The fourth-order valence-corrected chi connectivity index (χ4v) is 1.55. The van der Waals surface area contributed by atoms with E-state index in [1.165, 1.54) is 7.11 Å². The Hall–Kier alpha value is -2.97. The van der Waals surface area contributed by atoms with Gasteiger partial charge in [0.05, 0.1) is 7.11 Å². The molecule has 2 heterocycles. The van der Waals surface area contributed by atoms with E-state index >= 15 is 0 Å². The lowest BCUT2D eigenvalue weighted by molar-refractivity contribution is 0.102. The van der Waals surface area contributed by atoms with Crippen LogP contribution in [0.3, 0.4) is 0 Å². The first-order valence-electron chi connectivity index (χ1n) is 5.34. The molecule has 3 N–H and O–H groups in total. The minimum absolute atomic E-state index is 0.155. The summed E-state index contributed by atoms with van der Waals surface area (Å²) in [5, 5.41) is 19.1. The average Bonchev–Trinajstić information content (AvgIpc) is 3.05. The Kier molecular flexibility index (Phi) is 2.56. The molecular formula is C10H9N7O2. The lowest BCUT2D eigenvalue weighted by Crippen LogP contribution is -2.12. The fourth-order valence-electron chi connectivity index (χ4n) is 1.55. The third-order valence-corrected chi connectivity index (χ3v) is 2.46. The van der Waals surface area contributed by atoms with E-state index in [2.05, 4.69) is 35.9 Å². The van der Waals surface area contributed by atoms with Crippen LogP contribution in [-0.2, 0) is 0 Å². The number of ether oxygens (including phenoxy) is 1. The predicted molar refractivity (Wildman–Crippen MR) is 64.8 cm³/mol. The number of aromatic amines is 2. The van der Waals surface area contributed by atoms with Crippen LogP contribution in [0.4, 0.5) is 5.95 Å². The Morgan fingerprint density at radius 2 is 2.11 bits per heavy atom. The first kappa shape index (κ1) is 11.1. The molecule has 0 aliphatic heterocycles. The van der Waals surface area contributed by atoms with E-state index in [4.69, 9.17) is 4.74 Å². The van der Waals surface area contributed by atoms with Gasteiger partial charge in [0, 0.05) is 5.56 Å². The van der Waals surface area contributed by atoms with Crippen molar-refractivity contribution in [1.29, 1.82) is 0 Å². The van der Waals surface area contributed by atoms with Crippen molar-refractivity contribution < 1.29 is 9.53 Å². The largest absolute Gasteiger partial charge is 0.466 e. The minimum Gasteiger partial charge on any atom is -0.466 e. The molecule has 1 aromatic carbocycles. The maximum Gasteiger partial charge on any atom is 0.336 e. The van der Waals surface area contributed by atoms with Crippen molar-refractivity contribution in [3.63, 3.8) is 0 Å². The van der Waals surface area contributed by atoms with E-state index in [9.17, 15) is 4.79 Å². The first-order chi connectivity index (χ1) is 9.26. The smallest absolute Gasteiger partial charge is 0.336 e. The van der Waals surface area contributed by atoms with Gasteiger partial charge in [-0.05, 0) is 18.2 Å². The molecule has 1 amide bonds. The van der Waals surface area contributed by atoms with Crippen LogP contribution in [0.5, 0.6) is 6.01 Å². The number of hydrogen-bond acceptors (Lipinski definition) is 6. The maximum absolute atomic E-state index is 12.0. The molecule has 96 valence electrons. The average molecular weight is 259 g/mol. The molecule has 0 aliphatic carbocycles. The molecule has 0 radical (unpaired) electrons. The molecule has 0 bridgehead atoms. The van der Waals surface area contributed by atoms with Crippen LogP contribution in [0, 0.1) is 0 Å². The molecule has 19 heavy (non-hydrogen) atoms. The van der Waals surface area contributed by atoms with Crippen LogP contribution in [0.15, 0.2) is 18.2 Å². The second-order valence-corrected chi connectivity index (χ2v) is 3.65. The Balaban J connectivity index is 1.82. The monoisotopic (exact) mass is 259 g/mol. The summed E-state index contributed by atoms with van der Waals surface area (Å²) in [5.74, 6) is -0.120. The number of aromatic nitrogens is 6. The van der Waals surface area contributed by atoms with Gasteiger partial charge in [0.1, 0.15) is 11.0 Å². The number of nitrogens with zero attached hydrogens (tertiary/aromatic N) is 4. The molecule has 0 saturated heterocycles. The summed E-state index contributed by atoms with van der Waals surface area (Å²) in [6.45, 7) is 0. The number of H-pyrrole nitrogens is 2. The zero-order valence-corrected chi connectivity index (χ0v) is 9.84. The van der Waals surface area contributed by atoms with Gasteiger partial charge >= 0.3 is 6.01 Å². The van der Waals surface area contributed by atoms with Crippen molar-refractivity contribution in [1.82, 2.24) is 30.6 Å². The summed E-state index contributed by atoms with van der Waals surface area (Å²) in [5.41, 5.74) is 1.75. The normalized spacial score (nSPS) is 10.6. The molecule has 0 fully saturated rings. The topological polar surface area (TPSA) is 121 Å². The lowest BCUT2D eigenvalue weighted by Gasteiger charge is -2.00. The Morgan fingerprint density at radius 1 is 1.26 bits per heavy atom. The molecular weight excluding hydrogens is 250 g/mol. The fraction of sp³-hybridized carbons (Fsp3) is 0.100. The number of nitrogens with one attached hydrogen (secondary N) is 3. The van der Waals surface area contributed by atoms with Crippen LogP contribution in [0.25, 0.3) is 11.0 Å². The highest BCUT2D eigenvalue weighted by Crippen LogP contribution is 2.12. The van der Waals surface area contributed by atoms with Crippen molar-refractivity contribution in [2.24, 2.45) is 0 Å². The molecule has 0 atom stereocenters.